The van der Waals surface area contributed by atoms with Gasteiger partial charge in [0.2, 0.25) is 0 Å². The fraction of sp³-hybridized carbons (Fsp3) is 0.667. The number of nitrogens with zero attached hydrogens (tertiary/aromatic N) is 2. The Hall–Kier alpha value is -0.960. The van der Waals surface area contributed by atoms with Gasteiger partial charge in [-0.05, 0) is 31.2 Å². The molecule has 1 aliphatic carbocycles. The number of hydrogen-bond donors (Lipinski definition) is 1. The fourth-order valence-electron chi connectivity index (χ4n) is 1.79. The summed E-state index contributed by atoms with van der Waals surface area (Å²) in [6, 6.07) is 0.239. The zero-order valence-electron chi connectivity index (χ0n) is 9.32. The van der Waals surface area contributed by atoms with Gasteiger partial charge < -0.3 is 5.73 Å². The molecule has 0 aliphatic heterocycles. The molecule has 1 unspecified atom stereocenters. The Morgan fingerprint density at radius 1 is 1.40 bits per heavy atom. The Labute approximate surface area is 91.1 Å². The number of hydrogen-bond acceptors (Lipinski definition) is 3. The van der Waals surface area contributed by atoms with Crippen LogP contribution < -0.4 is 5.73 Å². The molecule has 0 bridgehead atoms. The molecule has 2 rings (SSSR count). The van der Waals surface area contributed by atoms with Gasteiger partial charge in [-0.15, -0.1) is 0 Å². The van der Waals surface area contributed by atoms with E-state index in [4.69, 9.17) is 5.73 Å². The Kier molecular flexibility index (Phi) is 3.31. The first kappa shape index (κ1) is 10.6. The van der Waals surface area contributed by atoms with Gasteiger partial charge in [0.05, 0.1) is 0 Å². The Balaban J connectivity index is 1.97. The van der Waals surface area contributed by atoms with Gasteiger partial charge >= 0.3 is 0 Å². The molecule has 1 fully saturated rings. The van der Waals surface area contributed by atoms with Crippen LogP contribution in [0.5, 0.6) is 0 Å². The second kappa shape index (κ2) is 4.71. The molecule has 0 aromatic carbocycles. The van der Waals surface area contributed by atoms with Gasteiger partial charge in [-0.2, -0.15) is 0 Å². The van der Waals surface area contributed by atoms with E-state index >= 15 is 0 Å². The summed E-state index contributed by atoms with van der Waals surface area (Å²) in [5, 5.41) is 0. The lowest BCUT2D eigenvalue weighted by molar-refractivity contribution is 0.401. The van der Waals surface area contributed by atoms with Gasteiger partial charge in [0.1, 0.15) is 5.82 Å². The molecular weight excluding hydrogens is 186 g/mol. The third-order valence-corrected chi connectivity index (χ3v) is 3.22. The SMILES string of the molecule is CCC(N)Cc1cnc(C2CCC2)nc1. The second-order valence-corrected chi connectivity index (χ2v) is 4.45. The molecule has 82 valence electrons. The van der Waals surface area contributed by atoms with Crippen molar-refractivity contribution in [2.45, 2.75) is 51.0 Å². The normalized spacial score (nSPS) is 18.5. The predicted molar refractivity (Wildman–Crippen MR) is 60.6 cm³/mol. The van der Waals surface area contributed by atoms with Gasteiger partial charge in [-0.25, -0.2) is 9.97 Å². The van der Waals surface area contributed by atoms with E-state index in [2.05, 4.69) is 16.9 Å². The third kappa shape index (κ3) is 2.53. The first-order valence-electron chi connectivity index (χ1n) is 5.86. The van der Waals surface area contributed by atoms with E-state index in [1.165, 1.54) is 19.3 Å². The maximum Gasteiger partial charge on any atom is 0.131 e. The summed E-state index contributed by atoms with van der Waals surface area (Å²) in [5.74, 6) is 1.65. The van der Waals surface area contributed by atoms with E-state index in [1.807, 2.05) is 12.4 Å². The van der Waals surface area contributed by atoms with Gasteiger partial charge in [0.15, 0.2) is 0 Å². The monoisotopic (exact) mass is 205 g/mol. The lowest BCUT2D eigenvalue weighted by Gasteiger charge is -2.23. The van der Waals surface area contributed by atoms with Crippen LogP contribution in [0, 0.1) is 0 Å². The largest absolute Gasteiger partial charge is 0.327 e. The summed E-state index contributed by atoms with van der Waals surface area (Å²) in [5.41, 5.74) is 7.04. The summed E-state index contributed by atoms with van der Waals surface area (Å²) in [6.45, 7) is 2.11. The van der Waals surface area contributed by atoms with E-state index < -0.39 is 0 Å². The van der Waals surface area contributed by atoms with Crippen LogP contribution in [0.1, 0.15) is 49.9 Å². The molecule has 1 aliphatic rings. The molecule has 15 heavy (non-hydrogen) atoms. The number of nitrogens with two attached hydrogens (primary N) is 1. The molecule has 3 nitrogen and oxygen atoms in total. The van der Waals surface area contributed by atoms with Gasteiger partial charge in [0.25, 0.3) is 0 Å². The Morgan fingerprint density at radius 2 is 2.07 bits per heavy atom. The molecule has 1 heterocycles. The van der Waals surface area contributed by atoms with Crippen molar-refractivity contribution in [3.05, 3.63) is 23.8 Å². The Bertz CT molecular complexity index is 303. The third-order valence-electron chi connectivity index (χ3n) is 3.22. The molecule has 1 atom stereocenters. The maximum absolute atomic E-state index is 5.88. The average Bonchev–Trinajstić information content (AvgIpc) is 2.18. The molecule has 1 saturated carbocycles. The lowest BCUT2D eigenvalue weighted by atomic mass is 9.85. The highest BCUT2D eigenvalue weighted by Gasteiger charge is 2.21. The first-order chi connectivity index (χ1) is 7.29. The van der Waals surface area contributed by atoms with Crippen LogP contribution in [0.3, 0.4) is 0 Å². The highest BCUT2D eigenvalue weighted by molar-refractivity contribution is 5.10. The van der Waals surface area contributed by atoms with Crippen molar-refractivity contribution in [3.63, 3.8) is 0 Å². The molecule has 0 radical (unpaired) electrons. The van der Waals surface area contributed by atoms with Crippen molar-refractivity contribution in [2.24, 2.45) is 5.73 Å². The number of rotatable bonds is 4. The van der Waals surface area contributed by atoms with Crippen LogP contribution in [-0.2, 0) is 6.42 Å². The van der Waals surface area contributed by atoms with Crippen LogP contribution in [0.2, 0.25) is 0 Å². The molecule has 0 saturated heterocycles. The lowest BCUT2D eigenvalue weighted by Crippen LogP contribution is -2.22. The minimum absolute atomic E-state index is 0.239. The van der Waals surface area contributed by atoms with Gasteiger partial charge in [-0.3, -0.25) is 0 Å². The van der Waals surface area contributed by atoms with Crippen LogP contribution in [0.25, 0.3) is 0 Å². The predicted octanol–water partition coefficient (Wildman–Crippen LogP) is 2.02. The minimum Gasteiger partial charge on any atom is -0.327 e. The number of aromatic nitrogens is 2. The standard InChI is InChI=1S/C12H19N3/c1-2-11(13)6-9-7-14-12(15-8-9)10-4-3-5-10/h7-8,10-11H,2-6,13H2,1H3. The van der Waals surface area contributed by atoms with Crippen molar-refractivity contribution in [1.82, 2.24) is 9.97 Å². The summed E-state index contributed by atoms with van der Waals surface area (Å²) in [6.07, 6.45) is 9.62. The van der Waals surface area contributed by atoms with Crippen LogP contribution in [0.4, 0.5) is 0 Å². The van der Waals surface area contributed by atoms with Crippen molar-refractivity contribution in [3.8, 4) is 0 Å². The fourth-order valence-corrected chi connectivity index (χ4v) is 1.79. The van der Waals surface area contributed by atoms with Crippen LogP contribution in [0.15, 0.2) is 12.4 Å². The molecule has 0 amide bonds. The van der Waals surface area contributed by atoms with Crippen LogP contribution >= 0.6 is 0 Å². The average molecular weight is 205 g/mol. The van der Waals surface area contributed by atoms with Crippen LogP contribution in [-0.4, -0.2) is 16.0 Å². The van der Waals surface area contributed by atoms with E-state index in [0.29, 0.717) is 5.92 Å². The second-order valence-electron chi connectivity index (χ2n) is 4.45. The van der Waals surface area contributed by atoms with E-state index in [0.717, 1.165) is 24.2 Å². The molecule has 0 spiro atoms. The highest BCUT2D eigenvalue weighted by atomic mass is 14.9. The minimum atomic E-state index is 0.239. The topological polar surface area (TPSA) is 51.8 Å². The first-order valence-corrected chi connectivity index (χ1v) is 5.86. The van der Waals surface area contributed by atoms with Crippen molar-refractivity contribution < 1.29 is 0 Å². The summed E-state index contributed by atoms with van der Waals surface area (Å²) >= 11 is 0. The molecular formula is C12H19N3. The molecule has 3 heteroatoms. The van der Waals surface area contributed by atoms with Crippen molar-refractivity contribution >= 4 is 0 Å². The molecule has 2 N–H and O–H groups in total. The Morgan fingerprint density at radius 3 is 2.53 bits per heavy atom. The zero-order valence-corrected chi connectivity index (χ0v) is 9.32. The highest BCUT2D eigenvalue weighted by Crippen LogP contribution is 2.33. The van der Waals surface area contributed by atoms with E-state index in [9.17, 15) is 0 Å². The summed E-state index contributed by atoms with van der Waals surface area (Å²) in [7, 11) is 0. The quantitative estimate of drug-likeness (QED) is 0.818. The maximum atomic E-state index is 5.88. The van der Waals surface area contributed by atoms with Gasteiger partial charge in [0, 0.05) is 24.4 Å². The van der Waals surface area contributed by atoms with E-state index in [-0.39, 0.29) is 6.04 Å². The molecule has 1 aromatic heterocycles. The zero-order chi connectivity index (χ0) is 10.7. The molecule has 1 aromatic rings. The summed E-state index contributed by atoms with van der Waals surface area (Å²) in [4.78, 5) is 8.84. The van der Waals surface area contributed by atoms with Crippen molar-refractivity contribution in [1.29, 1.82) is 0 Å². The smallest absolute Gasteiger partial charge is 0.131 e. The van der Waals surface area contributed by atoms with Gasteiger partial charge in [-0.1, -0.05) is 13.3 Å². The van der Waals surface area contributed by atoms with E-state index in [1.54, 1.807) is 0 Å². The van der Waals surface area contributed by atoms with Crippen molar-refractivity contribution in [2.75, 3.05) is 0 Å². The summed E-state index contributed by atoms with van der Waals surface area (Å²) < 4.78 is 0.